The third kappa shape index (κ3) is 4.50. The number of rotatable bonds is 5. The fourth-order valence-corrected chi connectivity index (χ4v) is 3.11. The first-order valence-electron chi connectivity index (χ1n) is 8.62. The molecule has 0 spiro atoms. The Kier molecular flexibility index (Phi) is 5.68. The fourth-order valence-electron chi connectivity index (χ4n) is 3.11. The normalized spacial score (nSPS) is 15.4. The number of carboxylic acids is 1. The molecule has 2 aromatic rings. The van der Waals surface area contributed by atoms with E-state index in [0.717, 1.165) is 12.8 Å². The topological polar surface area (TPSA) is 93.5 Å². The van der Waals surface area contributed by atoms with Gasteiger partial charge in [0.15, 0.2) is 5.69 Å². The molecule has 0 aliphatic carbocycles. The van der Waals surface area contributed by atoms with Gasteiger partial charge >= 0.3 is 12.1 Å². The van der Waals surface area contributed by atoms with Crippen LogP contribution < -0.4 is 5.32 Å². The van der Waals surface area contributed by atoms with E-state index in [1.54, 1.807) is 6.07 Å². The predicted molar refractivity (Wildman–Crippen MR) is 92.3 cm³/mol. The van der Waals surface area contributed by atoms with Crippen LogP contribution in [0.25, 0.3) is 5.69 Å². The van der Waals surface area contributed by atoms with Gasteiger partial charge in [-0.3, -0.25) is 4.79 Å². The minimum atomic E-state index is -4.91. The van der Waals surface area contributed by atoms with Gasteiger partial charge in [0.2, 0.25) is 5.91 Å². The summed E-state index contributed by atoms with van der Waals surface area (Å²) in [6.45, 7) is 1.22. The van der Waals surface area contributed by atoms with Gasteiger partial charge in [0.25, 0.3) is 0 Å². The molecule has 1 aromatic carbocycles. The highest BCUT2D eigenvalue weighted by Gasteiger charge is 2.40. The van der Waals surface area contributed by atoms with E-state index in [0.29, 0.717) is 36.2 Å². The van der Waals surface area contributed by atoms with Crippen LogP contribution >= 0.6 is 0 Å². The molecule has 0 saturated carbocycles. The summed E-state index contributed by atoms with van der Waals surface area (Å²) in [5.74, 6) is -1.76. The van der Waals surface area contributed by atoms with Crippen LogP contribution in [-0.4, -0.2) is 40.0 Å². The molecule has 1 amide bonds. The highest BCUT2D eigenvalue weighted by Crippen LogP contribution is 2.34. The van der Waals surface area contributed by atoms with Gasteiger partial charge in [0.05, 0.1) is 11.9 Å². The Labute approximate surface area is 158 Å². The molecule has 1 aromatic heterocycles. The average Bonchev–Trinajstić information content (AvgIpc) is 3.08. The number of carboxylic acid groups (broad SMARTS) is 1. The molecule has 1 aliphatic rings. The van der Waals surface area contributed by atoms with Gasteiger partial charge in [-0.1, -0.05) is 6.07 Å². The molecular formula is C18H18F3N3O4. The minimum Gasteiger partial charge on any atom is -0.478 e. The largest absolute Gasteiger partial charge is 0.478 e. The number of ether oxygens (including phenoxy) is 1. The highest BCUT2D eigenvalue weighted by molar-refractivity contribution is 5.91. The van der Waals surface area contributed by atoms with Crippen molar-refractivity contribution in [2.45, 2.75) is 25.4 Å². The number of anilines is 1. The molecule has 0 atom stereocenters. The van der Waals surface area contributed by atoms with Crippen molar-refractivity contribution in [1.29, 1.82) is 0 Å². The van der Waals surface area contributed by atoms with Gasteiger partial charge in [-0.2, -0.15) is 18.3 Å². The van der Waals surface area contributed by atoms with Gasteiger partial charge < -0.3 is 15.2 Å². The Morgan fingerprint density at radius 2 is 2.00 bits per heavy atom. The average molecular weight is 397 g/mol. The van der Waals surface area contributed by atoms with Crippen molar-refractivity contribution in [3.63, 3.8) is 0 Å². The third-order valence-corrected chi connectivity index (χ3v) is 4.46. The van der Waals surface area contributed by atoms with Crippen LogP contribution in [0.15, 0.2) is 30.5 Å². The second-order valence-electron chi connectivity index (χ2n) is 6.48. The summed E-state index contributed by atoms with van der Waals surface area (Å²) in [6.07, 6.45) is -2.39. The maximum atomic E-state index is 13.4. The number of carbonyl (C=O) groups is 2. The SMILES string of the molecule is O=C(CC1CCOCC1)Nc1cccc(-n2ncc(C(=O)O)c2C(F)(F)F)c1. The second-order valence-corrected chi connectivity index (χ2v) is 6.48. The van der Waals surface area contributed by atoms with Crippen LogP contribution in [0.2, 0.25) is 0 Å². The second kappa shape index (κ2) is 8.01. The van der Waals surface area contributed by atoms with Crippen molar-refractivity contribution in [3.8, 4) is 5.69 Å². The van der Waals surface area contributed by atoms with E-state index in [9.17, 15) is 22.8 Å². The zero-order valence-electron chi connectivity index (χ0n) is 14.7. The van der Waals surface area contributed by atoms with Gasteiger partial charge in [-0.05, 0) is 37.0 Å². The molecule has 2 heterocycles. The molecule has 3 rings (SSSR count). The summed E-state index contributed by atoms with van der Waals surface area (Å²) < 4.78 is 45.8. The van der Waals surface area contributed by atoms with Crippen molar-refractivity contribution in [3.05, 3.63) is 41.7 Å². The van der Waals surface area contributed by atoms with E-state index in [1.165, 1.54) is 18.2 Å². The first kappa shape index (κ1) is 19.9. The molecule has 0 unspecified atom stereocenters. The Bertz CT molecular complexity index is 873. The summed E-state index contributed by atoms with van der Waals surface area (Å²) in [5.41, 5.74) is -2.04. The van der Waals surface area contributed by atoms with Crippen LogP contribution in [0, 0.1) is 5.92 Å². The number of amides is 1. The number of hydrogen-bond acceptors (Lipinski definition) is 4. The van der Waals surface area contributed by atoms with Crippen LogP contribution in [0.4, 0.5) is 18.9 Å². The molecule has 0 radical (unpaired) electrons. The lowest BCUT2D eigenvalue weighted by Crippen LogP contribution is -2.22. The summed E-state index contributed by atoms with van der Waals surface area (Å²) in [7, 11) is 0. The molecular weight excluding hydrogens is 379 g/mol. The van der Waals surface area contributed by atoms with E-state index in [2.05, 4.69) is 10.4 Å². The van der Waals surface area contributed by atoms with E-state index in [-0.39, 0.29) is 17.5 Å². The molecule has 7 nitrogen and oxygen atoms in total. The van der Waals surface area contributed by atoms with Gasteiger partial charge in [0, 0.05) is 25.3 Å². The smallest absolute Gasteiger partial charge is 0.434 e. The Morgan fingerprint density at radius 3 is 2.64 bits per heavy atom. The zero-order chi connectivity index (χ0) is 20.3. The number of carbonyl (C=O) groups excluding carboxylic acids is 1. The van der Waals surface area contributed by atoms with Crippen molar-refractivity contribution >= 4 is 17.6 Å². The number of aromatic carboxylic acids is 1. The summed E-state index contributed by atoms with van der Waals surface area (Å²) in [5, 5.41) is 15.2. The van der Waals surface area contributed by atoms with Gasteiger partial charge in [0.1, 0.15) is 5.56 Å². The lowest BCUT2D eigenvalue weighted by atomic mass is 9.96. The van der Waals surface area contributed by atoms with Gasteiger partial charge in [-0.15, -0.1) is 0 Å². The van der Waals surface area contributed by atoms with Crippen LogP contribution in [0.5, 0.6) is 0 Å². The Morgan fingerprint density at radius 1 is 1.29 bits per heavy atom. The van der Waals surface area contributed by atoms with E-state index < -0.39 is 23.4 Å². The number of alkyl halides is 3. The summed E-state index contributed by atoms with van der Waals surface area (Å²) in [6, 6.07) is 5.67. The van der Waals surface area contributed by atoms with Crippen molar-refractivity contribution in [2.24, 2.45) is 5.92 Å². The maximum absolute atomic E-state index is 13.4. The lowest BCUT2D eigenvalue weighted by molar-refractivity contribution is -0.143. The van der Waals surface area contributed by atoms with Crippen molar-refractivity contribution < 1.29 is 32.6 Å². The van der Waals surface area contributed by atoms with Crippen molar-refractivity contribution in [2.75, 3.05) is 18.5 Å². The standard InChI is InChI=1S/C18H18F3N3O4/c19-18(20,21)16-14(17(26)27)10-22-24(16)13-3-1-2-12(9-13)23-15(25)8-11-4-6-28-7-5-11/h1-3,9-11H,4-8H2,(H,23,25)(H,26,27). The monoisotopic (exact) mass is 397 g/mol. The highest BCUT2D eigenvalue weighted by atomic mass is 19.4. The molecule has 28 heavy (non-hydrogen) atoms. The fraction of sp³-hybridized carbons (Fsp3) is 0.389. The van der Waals surface area contributed by atoms with Crippen LogP contribution in [-0.2, 0) is 15.7 Å². The quantitative estimate of drug-likeness (QED) is 0.807. The lowest BCUT2D eigenvalue weighted by Gasteiger charge is -2.21. The minimum absolute atomic E-state index is 0.0105. The number of benzene rings is 1. The first-order valence-corrected chi connectivity index (χ1v) is 8.62. The molecule has 150 valence electrons. The number of halogens is 3. The Hall–Kier alpha value is -2.88. The molecule has 1 aliphatic heterocycles. The summed E-state index contributed by atoms with van der Waals surface area (Å²) in [4.78, 5) is 23.3. The van der Waals surface area contributed by atoms with Crippen LogP contribution in [0.3, 0.4) is 0 Å². The number of hydrogen-bond donors (Lipinski definition) is 2. The molecule has 1 saturated heterocycles. The molecule has 10 heteroatoms. The third-order valence-electron chi connectivity index (χ3n) is 4.46. The first-order chi connectivity index (χ1) is 13.3. The Balaban J connectivity index is 1.82. The zero-order valence-corrected chi connectivity index (χ0v) is 14.7. The molecule has 0 bridgehead atoms. The van der Waals surface area contributed by atoms with E-state index in [1.807, 2.05) is 0 Å². The van der Waals surface area contributed by atoms with E-state index in [4.69, 9.17) is 9.84 Å². The number of nitrogens with one attached hydrogen (secondary N) is 1. The predicted octanol–water partition coefficient (Wildman–Crippen LogP) is 3.34. The van der Waals surface area contributed by atoms with Gasteiger partial charge in [-0.25, -0.2) is 9.48 Å². The molecule has 1 fully saturated rings. The van der Waals surface area contributed by atoms with E-state index >= 15 is 0 Å². The number of nitrogens with zero attached hydrogens (tertiary/aromatic N) is 2. The number of aromatic nitrogens is 2. The maximum Gasteiger partial charge on any atom is 0.434 e. The summed E-state index contributed by atoms with van der Waals surface area (Å²) >= 11 is 0. The molecule has 2 N–H and O–H groups in total. The van der Waals surface area contributed by atoms with Crippen LogP contribution in [0.1, 0.15) is 35.3 Å². The van der Waals surface area contributed by atoms with Crippen molar-refractivity contribution in [1.82, 2.24) is 9.78 Å².